The second-order valence-corrected chi connectivity index (χ2v) is 7.14. The number of aromatic amines is 1. The Balaban J connectivity index is 1.54. The zero-order chi connectivity index (χ0) is 20.9. The molecule has 0 atom stereocenters. The quantitative estimate of drug-likeness (QED) is 0.241. The van der Waals surface area contributed by atoms with Crippen LogP contribution in [0.2, 0.25) is 5.02 Å². The second-order valence-electron chi connectivity index (χ2n) is 6.71. The number of ketones is 1. The number of carbonyl (C=O) groups excluding carboxylic acids is 2. The molecule has 1 N–H and O–H groups in total. The van der Waals surface area contributed by atoms with E-state index in [9.17, 15) is 9.59 Å². The van der Waals surface area contributed by atoms with Crippen LogP contribution in [0.3, 0.4) is 0 Å². The molecule has 0 aliphatic rings. The molecule has 0 aliphatic carbocycles. The van der Waals surface area contributed by atoms with Crippen molar-refractivity contribution in [1.29, 1.82) is 0 Å². The molecule has 0 bridgehead atoms. The van der Waals surface area contributed by atoms with Crippen LogP contribution in [-0.2, 0) is 9.53 Å². The summed E-state index contributed by atoms with van der Waals surface area (Å²) in [5.41, 5.74) is 3.75. The third-order valence-electron chi connectivity index (χ3n) is 4.65. The number of fused-ring (bicyclic) bond motifs is 1. The average molecular weight is 416 g/mol. The third-order valence-corrected chi connectivity index (χ3v) is 4.89. The highest BCUT2D eigenvalue weighted by molar-refractivity contribution is 6.30. The van der Waals surface area contributed by atoms with Crippen LogP contribution in [-0.4, -0.2) is 23.3 Å². The number of H-pyrrole nitrogens is 1. The van der Waals surface area contributed by atoms with E-state index in [0.717, 1.165) is 22.0 Å². The van der Waals surface area contributed by atoms with Gasteiger partial charge in [-0.1, -0.05) is 72.3 Å². The Morgan fingerprint density at radius 2 is 1.70 bits per heavy atom. The Bertz CT molecular complexity index is 1240. The minimum absolute atomic E-state index is 0.268. The number of esters is 1. The first kappa shape index (κ1) is 19.7. The highest BCUT2D eigenvalue weighted by Crippen LogP contribution is 2.30. The Morgan fingerprint density at radius 1 is 0.933 bits per heavy atom. The van der Waals surface area contributed by atoms with Crippen molar-refractivity contribution >= 4 is 40.3 Å². The Hall–Kier alpha value is -3.63. The summed E-state index contributed by atoms with van der Waals surface area (Å²) in [7, 11) is 0. The minimum atomic E-state index is -0.593. The van der Waals surface area contributed by atoms with Gasteiger partial charge in [-0.3, -0.25) is 4.79 Å². The molecule has 1 aromatic heterocycles. The lowest BCUT2D eigenvalue weighted by atomic mass is 10.0. The number of halogens is 1. The van der Waals surface area contributed by atoms with Crippen molar-refractivity contribution in [3.8, 4) is 11.3 Å². The van der Waals surface area contributed by atoms with E-state index in [4.69, 9.17) is 16.3 Å². The largest absolute Gasteiger partial charge is 0.454 e. The number of carbonyl (C=O) groups is 2. The molecule has 3 aromatic carbocycles. The highest BCUT2D eigenvalue weighted by atomic mass is 35.5. The van der Waals surface area contributed by atoms with E-state index in [-0.39, 0.29) is 12.4 Å². The summed E-state index contributed by atoms with van der Waals surface area (Å²) >= 11 is 5.94. The zero-order valence-corrected chi connectivity index (χ0v) is 16.7. The minimum Gasteiger partial charge on any atom is -0.454 e. The van der Waals surface area contributed by atoms with Crippen molar-refractivity contribution in [2.24, 2.45) is 0 Å². The van der Waals surface area contributed by atoms with E-state index >= 15 is 0 Å². The van der Waals surface area contributed by atoms with Crippen LogP contribution in [0.25, 0.3) is 28.2 Å². The summed E-state index contributed by atoms with van der Waals surface area (Å²) in [4.78, 5) is 28.4. The van der Waals surface area contributed by atoms with Gasteiger partial charge in [0.05, 0.1) is 11.3 Å². The molecule has 0 saturated heterocycles. The lowest BCUT2D eigenvalue weighted by Crippen LogP contribution is -2.13. The molecule has 148 valence electrons. The maximum Gasteiger partial charge on any atom is 0.331 e. The molecule has 0 aliphatic heterocycles. The smallest absolute Gasteiger partial charge is 0.331 e. The van der Waals surface area contributed by atoms with Crippen LogP contribution >= 0.6 is 11.6 Å². The van der Waals surface area contributed by atoms with E-state index in [1.54, 1.807) is 24.3 Å². The average Bonchev–Trinajstić information content (AvgIpc) is 3.16. The molecule has 0 fully saturated rings. The van der Waals surface area contributed by atoms with Crippen molar-refractivity contribution in [2.75, 3.05) is 6.61 Å². The molecular formula is C25H18ClNO3. The first-order valence-electron chi connectivity index (χ1n) is 9.41. The molecule has 0 radical (unpaired) electrons. The Labute approximate surface area is 178 Å². The van der Waals surface area contributed by atoms with Gasteiger partial charge < -0.3 is 9.72 Å². The lowest BCUT2D eigenvalue weighted by Gasteiger charge is -2.05. The molecule has 30 heavy (non-hydrogen) atoms. The van der Waals surface area contributed by atoms with Crippen LogP contribution in [0.1, 0.15) is 15.9 Å². The first-order chi connectivity index (χ1) is 14.6. The summed E-state index contributed by atoms with van der Waals surface area (Å²) in [5.74, 6) is -0.861. The maximum atomic E-state index is 13.0. The lowest BCUT2D eigenvalue weighted by molar-refractivity contribution is -0.136. The first-order valence-corrected chi connectivity index (χ1v) is 9.79. The van der Waals surface area contributed by atoms with Gasteiger partial charge in [-0.15, -0.1) is 0 Å². The van der Waals surface area contributed by atoms with Crippen LogP contribution in [0.5, 0.6) is 0 Å². The van der Waals surface area contributed by atoms with E-state index in [2.05, 4.69) is 4.98 Å². The molecule has 0 unspecified atom stereocenters. The zero-order valence-electron chi connectivity index (χ0n) is 16.0. The van der Waals surface area contributed by atoms with Gasteiger partial charge >= 0.3 is 5.97 Å². The number of hydrogen-bond donors (Lipinski definition) is 1. The molecule has 0 saturated carbocycles. The second kappa shape index (κ2) is 8.80. The van der Waals surface area contributed by atoms with Gasteiger partial charge in [0.15, 0.2) is 6.61 Å². The summed E-state index contributed by atoms with van der Waals surface area (Å²) in [6.07, 6.45) is 2.88. The highest BCUT2D eigenvalue weighted by Gasteiger charge is 2.20. The van der Waals surface area contributed by atoms with Gasteiger partial charge in [-0.2, -0.15) is 0 Å². The van der Waals surface area contributed by atoms with Gasteiger partial charge in [0.1, 0.15) is 0 Å². The number of Topliss-reactive ketones (excluding diaryl/α,β-unsaturated/α-hetero) is 1. The van der Waals surface area contributed by atoms with E-state index in [0.29, 0.717) is 16.3 Å². The predicted octanol–water partition coefficient (Wildman–Crippen LogP) is 5.93. The van der Waals surface area contributed by atoms with Gasteiger partial charge in [-0.25, -0.2) is 4.79 Å². The van der Waals surface area contributed by atoms with Crippen molar-refractivity contribution < 1.29 is 14.3 Å². The monoisotopic (exact) mass is 415 g/mol. The summed E-state index contributed by atoms with van der Waals surface area (Å²) in [5, 5.41) is 1.38. The number of benzene rings is 3. The molecule has 4 aromatic rings. The van der Waals surface area contributed by atoms with Gasteiger partial charge in [-0.05, 0) is 35.4 Å². The van der Waals surface area contributed by atoms with Crippen LogP contribution in [0.15, 0.2) is 84.9 Å². The fourth-order valence-corrected chi connectivity index (χ4v) is 3.48. The van der Waals surface area contributed by atoms with Crippen LogP contribution in [0.4, 0.5) is 0 Å². The summed E-state index contributed by atoms with van der Waals surface area (Å²) in [6.45, 7) is -0.347. The number of para-hydroxylation sites is 1. The topological polar surface area (TPSA) is 59.2 Å². The standard InChI is InChI=1S/C25H18ClNO3/c26-19-10-6-7-17(15-19)13-14-23(29)30-16-22(28)24-20-11-4-5-12-21(20)27-25(24)18-8-2-1-3-9-18/h1-15,27H,16H2/b14-13+. The van der Waals surface area contributed by atoms with E-state index in [1.807, 2.05) is 60.7 Å². The van der Waals surface area contributed by atoms with Crippen molar-refractivity contribution in [3.05, 3.63) is 101 Å². The molecular weight excluding hydrogens is 398 g/mol. The van der Waals surface area contributed by atoms with Crippen molar-refractivity contribution in [2.45, 2.75) is 0 Å². The van der Waals surface area contributed by atoms with Gasteiger partial charge in [0, 0.05) is 22.0 Å². The third kappa shape index (κ3) is 4.34. The number of aromatic nitrogens is 1. The van der Waals surface area contributed by atoms with Crippen LogP contribution < -0.4 is 0 Å². The molecule has 4 rings (SSSR count). The SMILES string of the molecule is O=C(/C=C/c1cccc(Cl)c1)OCC(=O)c1c(-c2ccccc2)[nH]c2ccccc12. The molecule has 0 spiro atoms. The molecule has 0 amide bonds. The van der Waals surface area contributed by atoms with Crippen molar-refractivity contribution in [3.63, 3.8) is 0 Å². The predicted molar refractivity (Wildman–Crippen MR) is 120 cm³/mol. The summed E-state index contributed by atoms with van der Waals surface area (Å²) < 4.78 is 5.20. The van der Waals surface area contributed by atoms with Gasteiger partial charge in [0.25, 0.3) is 0 Å². The number of nitrogens with one attached hydrogen (secondary N) is 1. The number of rotatable bonds is 6. The Kier molecular flexibility index (Phi) is 5.77. The normalized spacial score (nSPS) is 11.1. The number of ether oxygens (including phenoxy) is 1. The van der Waals surface area contributed by atoms with E-state index in [1.165, 1.54) is 6.08 Å². The molecule has 4 nitrogen and oxygen atoms in total. The molecule has 1 heterocycles. The Morgan fingerprint density at radius 3 is 2.50 bits per heavy atom. The van der Waals surface area contributed by atoms with Crippen molar-refractivity contribution in [1.82, 2.24) is 4.98 Å². The maximum absolute atomic E-state index is 13.0. The fraction of sp³-hybridized carbons (Fsp3) is 0.0400. The number of hydrogen-bond acceptors (Lipinski definition) is 3. The van der Waals surface area contributed by atoms with E-state index < -0.39 is 5.97 Å². The molecule has 5 heteroatoms. The van der Waals surface area contributed by atoms with Gasteiger partial charge in [0.2, 0.25) is 5.78 Å². The fourth-order valence-electron chi connectivity index (χ4n) is 3.28. The summed E-state index contributed by atoms with van der Waals surface area (Å²) in [6, 6.07) is 24.3. The van der Waals surface area contributed by atoms with Crippen LogP contribution in [0, 0.1) is 0 Å².